The summed E-state index contributed by atoms with van der Waals surface area (Å²) in [6, 6.07) is 22.2. The van der Waals surface area contributed by atoms with Crippen LogP contribution >= 0.6 is 11.6 Å². The van der Waals surface area contributed by atoms with Crippen LogP contribution in [0.2, 0.25) is 5.02 Å². The second kappa shape index (κ2) is 8.85. The van der Waals surface area contributed by atoms with Crippen LogP contribution in [0.25, 0.3) is 22.7 Å². The molecule has 9 nitrogen and oxygen atoms in total. The zero-order valence-corrected chi connectivity index (χ0v) is 21.7. The van der Waals surface area contributed by atoms with Crippen molar-refractivity contribution >= 4 is 17.2 Å². The lowest BCUT2D eigenvalue weighted by atomic mass is 9.84. The summed E-state index contributed by atoms with van der Waals surface area (Å²) in [5, 5.41) is 20.5. The standard InChI is InChI=1S/C29H21ClN6O3/c1-16-23-24(20-11-4-6-13-22(20)38-2)25-27-32-26(19-10-3-5-12-21(19)37)34-35(27)15-31-28(25)39-29(23)36(33-16)18-9-7-8-17(30)14-18/h3-15,24,37H,1-2H3/t24-/m0/s1. The van der Waals surface area contributed by atoms with Crippen molar-refractivity contribution in [3.05, 3.63) is 107 Å². The molecule has 0 unspecified atom stereocenters. The van der Waals surface area contributed by atoms with Gasteiger partial charge in [-0.2, -0.15) is 5.10 Å². The molecular weight excluding hydrogens is 516 g/mol. The van der Waals surface area contributed by atoms with Gasteiger partial charge in [-0.1, -0.05) is 48.0 Å². The van der Waals surface area contributed by atoms with Crippen molar-refractivity contribution in [1.29, 1.82) is 0 Å². The first-order valence-corrected chi connectivity index (χ1v) is 12.6. The fourth-order valence-electron chi connectivity index (χ4n) is 5.15. The first-order valence-electron chi connectivity index (χ1n) is 12.2. The third kappa shape index (κ3) is 3.62. The van der Waals surface area contributed by atoms with Crippen LogP contribution in [0.4, 0.5) is 0 Å². The minimum Gasteiger partial charge on any atom is -0.507 e. The van der Waals surface area contributed by atoms with Gasteiger partial charge in [0.15, 0.2) is 11.5 Å². The number of phenolic OH excluding ortho intramolecular Hbond substituents is 1. The van der Waals surface area contributed by atoms with Gasteiger partial charge in [0, 0.05) is 10.6 Å². The molecule has 0 bridgehead atoms. The van der Waals surface area contributed by atoms with Crippen molar-refractivity contribution in [2.45, 2.75) is 12.8 Å². The van der Waals surface area contributed by atoms with Crippen molar-refractivity contribution in [3.8, 4) is 40.3 Å². The molecule has 1 aliphatic heterocycles. The molecule has 10 heteroatoms. The van der Waals surface area contributed by atoms with E-state index in [9.17, 15) is 5.11 Å². The summed E-state index contributed by atoms with van der Waals surface area (Å²) in [7, 11) is 1.65. The molecule has 0 saturated carbocycles. The topological polar surface area (TPSA) is 99.6 Å². The smallest absolute Gasteiger partial charge is 0.230 e. The summed E-state index contributed by atoms with van der Waals surface area (Å²) in [6.45, 7) is 1.95. The highest BCUT2D eigenvalue weighted by atomic mass is 35.5. The minimum atomic E-state index is -0.384. The van der Waals surface area contributed by atoms with Gasteiger partial charge in [0.1, 0.15) is 17.8 Å². The second-order valence-corrected chi connectivity index (χ2v) is 9.59. The number of phenols is 1. The normalized spacial score (nSPS) is 14.1. The maximum Gasteiger partial charge on any atom is 0.230 e. The number of aryl methyl sites for hydroxylation is 1. The number of nitrogens with zero attached hydrogens (tertiary/aromatic N) is 6. The number of benzene rings is 3. The Morgan fingerprint density at radius 1 is 0.974 bits per heavy atom. The number of halogens is 1. The summed E-state index contributed by atoms with van der Waals surface area (Å²) in [6.07, 6.45) is 1.56. The van der Waals surface area contributed by atoms with Gasteiger partial charge in [-0.05, 0) is 43.3 Å². The molecule has 0 fully saturated rings. The SMILES string of the molecule is COc1ccccc1[C@H]1c2c(C)nn(-c3cccc(Cl)c3)c2Oc2ncn3nc(-c4ccccc4O)nc3c21. The highest BCUT2D eigenvalue weighted by molar-refractivity contribution is 6.30. The molecule has 192 valence electrons. The van der Waals surface area contributed by atoms with Crippen molar-refractivity contribution in [2.24, 2.45) is 0 Å². The highest BCUT2D eigenvalue weighted by Gasteiger charge is 2.39. The van der Waals surface area contributed by atoms with E-state index in [0.29, 0.717) is 39.6 Å². The monoisotopic (exact) mass is 536 g/mol. The molecule has 1 aliphatic rings. The van der Waals surface area contributed by atoms with Crippen LogP contribution < -0.4 is 9.47 Å². The molecule has 0 saturated heterocycles. The second-order valence-electron chi connectivity index (χ2n) is 9.16. The number of para-hydroxylation sites is 2. The third-order valence-electron chi connectivity index (χ3n) is 6.87. The molecule has 0 amide bonds. The van der Waals surface area contributed by atoms with Crippen molar-refractivity contribution < 1.29 is 14.6 Å². The van der Waals surface area contributed by atoms with E-state index in [-0.39, 0.29) is 11.7 Å². The molecule has 39 heavy (non-hydrogen) atoms. The number of rotatable bonds is 4. The molecule has 7 rings (SSSR count). The van der Waals surface area contributed by atoms with Crippen molar-refractivity contribution in [3.63, 3.8) is 0 Å². The number of aromatic hydroxyl groups is 1. The van der Waals surface area contributed by atoms with E-state index in [2.05, 4.69) is 10.1 Å². The number of ether oxygens (including phenoxy) is 2. The van der Waals surface area contributed by atoms with Crippen LogP contribution in [-0.4, -0.2) is 41.6 Å². The molecule has 0 radical (unpaired) electrons. The summed E-state index contributed by atoms with van der Waals surface area (Å²) in [4.78, 5) is 9.49. The van der Waals surface area contributed by atoms with Crippen LogP contribution in [0.15, 0.2) is 79.1 Å². The number of hydrogen-bond donors (Lipinski definition) is 1. The predicted molar refractivity (Wildman–Crippen MR) is 145 cm³/mol. The first-order chi connectivity index (χ1) is 19.0. The quantitative estimate of drug-likeness (QED) is 0.297. The average molecular weight is 537 g/mol. The maximum atomic E-state index is 10.5. The van der Waals surface area contributed by atoms with Crippen LogP contribution in [0.3, 0.4) is 0 Å². The van der Waals surface area contributed by atoms with E-state index in [4.69, 9.17) is 31.2 Å². The van der Waals surface area contributed by atoms with Gasteiger partial charge in [-0.25, -0.2) is 19.2 Å². The van der Waals surface area contributed by atoms with E-state index < -0.39 is 0 Å². The van der Waals surface area contributed by atoms with Gasteiger partial charge >= 0.3 is 0 Å². The van der Waals surface area contributed by atoms with E-state index >= 15 is 0 Å². The maximum absolute atomic E-state index is 10.5. The number of hydrogen-bond acceptors (Lipinski definition) is 7. The van der Waals surface area contributed by atoms with E-state index in [1.165, 1.54) is 0 Å². The first kappa shape index (κ1) is 23.2. The highest BCUT2D eigenvalue weighted by Crippen LogP contribution is 2.51. The van der Waals surface area contributed by atoms with Crippen molar-refractivity contribution in [1.82, 2.24) is 29.4 Å². The Labute approximate surface area is 227 Å². The Morgan fingerprint density at radius 2 is 1.79 bits per heavy atom. The Balaban J connectivity index is 1.52. The van der Waals surface area contributed by atoms with Gasteiger partial charge in [-0.3, -0.25) is 0 Å². The minimum absolute atomic E-state index is 0.0914. The molecule has 1 N–H and O–H groups in total. The molecule has 0 aliphatic carbocycles. The number of methoxy groups -OCH3 is 1. The summed E-state index contributed by atoms with van der Waals surface area (Å²) in [5.41, 5.74) is 5.09. The lowest BCUT2D eigenvalue weighted by Crippen LogP contribution is -2.16. The fourth-order valence-corrected chi connectivity index (χ4v) is 5.34. The fraction of sp³-hybridized carbons (Fsp3) is 0.103. The summed E-state index contributed by atoms with van der Waals surface area (Å²) in [5.74, 6) is 1.71. The molecule has 0 spiro atoms. The lowest BCUT2D eigenvalue weighted by Gasteiger charge is -2.27. The molecule has 3 aromatic carbocycles. The van der Waals surface area contributed by atoms with E-state index in [1.807, 2.05) is 61.5 Å². The Morgan fingerprint density at radius 3 is 2.62 bits per heavy atom. The molecule has 3 aromatic heterocycles. The van der Waals surface area contributed by atoms with E-state index in [0.717, 1.165) is 28.1 Å². The molecular formula is C29H21ClN6O3. The van der Waals surface area contributed by atoms with Crippen LogP contribution in [0.5, 0.6) is 23.3 Å². The largest absolute Gasteiger partial charge is 0.507 e. The van der Waals surface area contributed by atoms with Crippen LogP contribution in [0, 0.1) is 6.92 Å². The summed E-state index contributed by atoms with van der Waals surface area (Å²) < 4.78 is 15.6. The van der Waals surface area contributed by atoms with Crippen molar-refractivity contribution in [2.75, 3.05) is 7.11 Å². The van der Waals surface area contributed by atoms with Gasteiger partial charge in [0.25, 0.3) is 0 Å². The average Bonchev–Trinajstić information content (AvgIpc) is 3.53. The Bertz CT molecular complexity index is 1900. The third-order valence-corrected chi connectivity index (χ3v) is 7.10. The van der Waals surface area contributed by atoms with Crippen LogP contribution in [0.1, 0.15) is 28.3 Å². The zero-order valence-electron chi connectivity index (χ0n) is 20.9. The number of aromatic nitrogens is 6. The molecule has 1 atom stereocenters. The van der Waals surface area contributed by atoms with Gasteiger partial charge in [-0.15, -0.1) is 5.10 Å². The van der Waals surface area contributed by atoms with E-state index in [1.54, 1.807) is 40.8 Å². The predicted octanol–water partition coefficient (Wildman–Crippen LogP) is 5.94. The van der Waals surface area contributed by atoms with Gasteiger partial charge < -0.3 is 14.6 Å². The molecule has 4 heterocycles. The Hall–Kier alpha value is -4.89. The zero-order chi connectivity index (χ0) is 26.7. The van der Waals surface area contributed by atoms with Crippen LogP contribution in [-0.2, 0) is 0 Å². The summed E-state index contributed by atoms with van der Waals surface area (Å²) >= 11 is 6.31. The van der Waals surface area contributed by atoms with Gasteiger partial charge in [0.2, 0.25) is 11.8 Å². The number of fused-ring (bicyclic) bond motifs is 4. The Kier molecular flexibility index (Phi) is 5.27. The molecule has 6 aromatic rings. The van der Waals surface area contributed by atoms with Gasteiger partial charge in [0.05, 0.1) is 41.1 Å². The lowest BCUT2D eigenvalue weighted by molar-refractivity contribution is 0.393.